The van der Waals surface area contributed by atoms with Crippen LogP contribution in [-0.2, 0) is 14.3 Å². The Balaban J connectivity index is 1.32. The molecule has 0 radical (unpaired) electrons. The minimum Gasteiger partial charge on any atom is -0.462 e. The van der Waals surface area contributed by atoms with Gasteiger partial charge >= 0.3 is 5.97 Å². The van der Waals surface area contributed by atoms with Gasteiger partial charge in [-0.05, 0) is 72.5 Å². The number of ketones is 1. The highest BCUT2D eigenvalue weighted by atomic mass is 16.5. The highest BCUT2D eigenvalue weighted by Crippen LogP contribution is 2.72. The average molecular weight is 344 g/mol. The Morgan fingerprint density at radius 2 is 1.80 bits per heavy atom. The van der Waals surface area contributed by atoms with E-state index < -0.39 is 0 Å². The van der Waals surface area contributed by atoms with E-state index in [0.29, 0.717) is 35.4 Å². The van der Waals surface area contributed by atoms with E-state index in [1.165, 1.54) is 12.8 Å². The van der Waals surface area contributed by atoms with Gasteiger partial charge in [0.2, 0.25) is 0 Å². The zero-order valence-corrected chi connectivity index (χ0v) is 16.0. The third-order valence-corrected chi connectivity index (χ3v) is 9.09. The molecule has 5 aliphatic carbocycles. The molecule has 0 aliphatic heterocycles. The van der Waals surface area contributed by atoms with Gasteiger partial charge in [0.15, 0.2) is 0 Å². The van der Waals surface area contributed by atoms with E-state index in [1.807, 2.05) is 6.92 Å². The highest BCUT2D eigenvalue weighted by Gasteiger charge is 2.69. The van der Waals surface area contributed by atoms with Crippen molar-refractivity contribution in [1.82, 2.24) is 0 Å². The molecule has 10 unspecified atom stereocenters. The SMILES string of the molecule is CC(C(=O)OC1CC2CC1C1C3CC(C4C(=O)CCC34)C21)C(C)(C)C. The van der Waals surface area contributed by atoms with Gasteiger partial charge in [0.05, 0.1) is 5.92 Å². The van der Waals surface area contributed by atoms with E-state index in [0.717, 1.165) is 37.0 Å². The quantitative estimate of drug-likeness (QED) is 0.559. The number of carbonyl (C=O) groups excluding carboxylic acids is 2. The molecule has 0 N–H and O–H groups in total. The normalized spacial score (nSPS) is 50.9. The Morgan fingerprint density at radius 3 is 2.52 bits per heavy atom. The molecule has 138 valence electrons. The van der Waals surface area contributed by atoms with E-state index >= 15 is 0 Å². The summed E-state index contributed by atoms with van der Waals surface area (Å²) in [5, 5.41) is 0. The molecule has 0 aromatic rings. The molecule has 3 heteroatoms. The lowest BCUT2D eigenvalue weighted by molar-refractivity contribution is -0.162. The molecule has 0 spiro atoms. The van der Waals surface area contributed by atoms with Crippen LogP contribution in [0.25, 0.3) is 0 Å². The molecule has 5 rings (SSSR count). The molecule has 5 saturated carbocycles. The van der Waals surface area contributed by atoms with Crippen LogP contribution in [-0.4, -0.2) is 17.9 Å². The van der Waals surface area contributed by atoms with Crippen LogP contribution in [0.5, 0.6) is 0 Å². The zero-order valence-electron chi connectivity index (χ0n) is 16.0. The summed E-state index contributed by atoms with van der Waals surface area (Å²) in [5.41, 5.74) is -0.0406. The molecule has 5 fully saturated rings. The summed E-state index contributed by atoms with van der Waals surface area (Å²) < 4.78 is 6.08. The van der Waals surface area contributed by atoms with Gasteiger partial charge in [-0.25, -0.2) is 0 Å². The van der Waals surface area contributed by atoms with Crippen LogP contribution in [0.2, 0.25) is 0 Å². The summed E-state index contributed by atoms with van der Waals surface area (Å²) >= 11 is 0. The van der Waals surface area contributed by atoms with Gasteiger partial charge in [-0.15, -0.1) is 0 Å². The first-order valence-corrected chi connectivity index (χ1v) is 10.5. The molecule has 10 atom stereocenters. The fraction of sp³-hybridized carbons (Fsp3) is 0.909. The molecule has 25 heavy (non-hydrogen) atoms. The number of hydrogen-bond donors (Lipinski definition) is 0. The predicted octanol–water partition coefficient (Wildman–Crippen LogP) is 4.10. The Labute approximate surface area is 151 Å². The molecular formula is C22H32O3. The van der Waals surface area contributed by atoms with Gasteiger partial charge in [-0.2, -0.15) is 0 Å². The first-order chi connectivity index (χ1) is 11.8. The maximum Gasteiger partial charge on any atom is 0.309 e. The third-order valence-electron chi connectivity index (χ3n) is 9.09. The molecule has 3 nitrogen and oxygen atoms in total. The van der Waals surface area contributed by atoms with Crippen molar-refractivity contribution in [2.24, 2.45) is 58.7 Å². The maximum absolute atomic E-state index is 12.6. The summed E-state index contributed by atoms with van der Waals surface area (Å²) in [5.74, 6) is 5.83. The highest BCUT2D eigenvalue weighted by molar-refractivity contribution is 5.84. The van der Waals surface area contributed by atoms with E-state index in [4.69, 9.17) is 4.74 Å². The van der Waals surface area contributed by atoms with E-state index in [1.54, 1.807) is 0 Å². The number of esters is 1. The molecule has 5 aliphatic rings. The second-order valence-electron chi connectivity index (χ2n) is 10.9. The Hall–Kier alpha value is -0.860. The third kappa shape index (κ3) is 2.10. The van der Waals surface area contributed by atoms with E-state index in [9.17, 15) is 9.59 Å². The fourth-order valence-electron chi connectivity index (χ4n) is 7.77. The first kappa shape index (κ1) is 16.3. The smallest absolute Gasteiger partial charge is 0.309 e. The number of hydrogen-bond acceptors (Lipinski definition) is 3. The average Bonchev–Trinajstić information content (AvgIpc) is 3.28. The monoisotopic (exact) mass is 344 g/mol. The Bertz CT molecular complexity index is 617. The number of ether oxygens (including phenoxy) is 1. The fourth-order valence-corrected chi connectivity index (χ4v) is 7.77. The van der Waals surface area contributed by atoms with Crippen molar-refractivity contribution in [3.8, 4) is 0 Å². The molecule has 0 saturated heterocycles. The van der Waals surface area contributed by atoms with Crippen molar-refractivity contribution in [2.75, 3.05) is 0 Å². The van der Waals surface area contributed by atoms with E-state index in [2.05, 4.69) is 20.8 Å². The minimum absolute atomic E-state index is 0.00122. The van der Waals surface area contributed by atoms with Gasteiger partial charge < -0.3 is 4.74 Å². The van der Waals surface area contributed by atoms with Crippen molar-refractivity contribution in [1.29, 1.82) is 0 Å². The first-order valence-electron chi connectivity index (χ1n) is 10.5. The molecular weight excluding hydrogens is 312 g/mol. The van der Waals surface area contributed by atoms with Gasteiger partial charge in [0.1, 0.15) is 11.9 Å². The summed E-state index contributed by atoms with van der Waals surface area (Å²) in [6, 6.07) is 0. The molecule has 0 aromatic heterocycles. The predicted molar refractivity (Wildman–Crippen MR) is 94.5 cm³/mol. The summed E-state index contributed by atoms with van der Waals surface area (Å²) in [6.07, 6.45) is 5.72. The topological polar surface area (TPSA) is 43.4 Å². The number of carbonyl (C=O) groups is 2. The number of fused-ring (bicyclic) bond motifs is 12. The standard InChI is InChI=1S/C22H32O3/c1-10(22(2,3)4)21(24)25-17-8-11-7-14(17)20-13-9-15(18(11)20)19-12(13)5-6-16(19)23/h10-15,17-20H,5-9H2,1-4H3. The lowest BCUT2D eigenvalue weighted by Gasteiger charge is -2.42. The lowest BCUT2D eigenvalue weighted by atomic mass is 9.63. The van der Waals surface area contributed by atoms with Crippen molar-refractivity contribution < 1.29 is 14.3 Å². The lowest BCUT2D eigenvalue weighted by Crippen LogP contribution is -2.43. The van der Waals surface area contributed by atoms with Crippen LogP contribution < -0.4 is 0 Å². The second kappa shape index (κ2) is 5.10. The van der Waals surface area contributed by atoms with Gasteiger partial charge in [-0.3, -0.25) is 9.59 Å². The van der Waals surface area contributed by atoms with Gasteiger partial charge in [0, 0.05) is 12.3 Å². The second-order valence-corrected chi connectivity index (χ2v) is 10.9. The largest absolute Gasteiger partial charge is 0.462 e. The zero-order chi connectivity index (χ0) is 17.7. The van der Waals surface area contributed by atoms with E-state index in [-0.39, 0.29) is 23.4 Å². The summed E-state index contributed by atoms with van der Waals surface area (Å²) in [7, 11) is 0. The van der Waals surface area contributed by atoms with Crippen LogP contribution >= 0.6 is 0 Å². The van der Waals surface area contributed by atoms with Gasteiger partial charge in [-0.1, -0.05) is 27.7 Å². The van der Waals surface area contributed by atoms with Crippen molar-refractivity contribution in [3.63, 3.8) is 0 Å². The Kier molecular flexibility index (Phi) is 3.33. The molecule has 4 bridgehead atoms. The van der Waals surface area contributed by atoms with Gasteiger partial charge in [0.25, 0.3) is 0 Å². The van der Waals surface area contributed by atoms with Crippen LogP contribution in [0.1, 0.15) is 59.8 Å². The molecule has 0 heterocycles. The van der Waals surface area contributed by atoms with Crippen molar-refractivity contribution in [3.05, 3.63) is 0 Å². The van der Waals surface area contributed by atoms with Crippen molar-refractivity contribution in [2.45, 2.75) is 65.9 Å². The maximum atomic E-state index is 12.6. The summed E-state index contributed by atoms with van der Waals surface area (Å²) in [6.45, 7) is 8.35. The van der Waals surface area contributed by atoms with Crippen LogP contribution in [0.4, 0.5) is 0 Å². The number of rotatable bonds is 2. The van der Waals surface area contributed by atoms with Crippen LogP contribution in [0.3, 0.4) is 0 Å². The Morgan fingerprint density at radius 1 is 1.04 bits per heavy atom. The summed E-state index contributed by atoms with van der Waals surface area (Å²) in [4.78, 5) is 25.0. The van der Waals surface area contributed by atoms with Crippen LogP contribution in [0.15, 0.2) is 0 Å². The molecule has 0 amide bonds. The minimum atomic E-state index is -0.0562. The van der Waals surface area contributed by atoms with Crippen LogP contribution in [0, 0.1) is 58.7 Å². The molecule has 0 aromatic carbocycles. The number of Topliss-reactive ketones (excluding diaryl/α,β-unsaturated/α-hetero) is 1. The van der Waals surface area contributed by atoms with Crippen molar-refractivity contribution >= 4 is 11.8 Å².